The van der Waals surface area contributed by atoms with Crippen LogP contribution in [0.5, 0.6) is 0 Å². The first-order valence-corrected chi connectivity index (χ1v) is 6.36. The van der Waals surface area contributed by atoms with Gasteiger partial charge in [-0.05, 0) is 32.0 Å². The maximum atomic E-state index is 11.2. The summed E-state index contributed by atoms with van der Waals surface area (Å²) in [5, 5.41) is 9.15. The number of hydrogen-bond donors (Lipinski definition) is 1. The van der Waals surface area contributed by atoms with E-state index in [4.69, 9.17) is 5.11 Å². The SMILES string of the molecule is Cc1nc(-c2ccc3nccnc3c2)nc(C)c1C(=O)O. The molecule has 6 heteroatoms. The molecule has 0 bridgehead atoms. The molecule has 0 saturated heterocycles. The van der Waals surface area contributed by atoms with E-state index in [0.717, 1.165) is 16.6 Å². The van der Waals surface area contributed by atoms with Gasteiger partial charge >= 0.3 is 5.97 Å². The number of nitrogens with zero attached hydrogens (tertiary/aromatic N) is 4. The van der Waals surface area contributed by atoms with Crippen molar-refractivity contribution >= 4 is 17.0 Å². The number of aryl methyl sites for hydroxylation is 2. The second-order valence-corrected chi connectivity index (χ2v) is 4.66. The van der Waals surface area contributed by atoms with Gasteiger partial charge in [-0.15, -0.1) is 0 Å². The van der Waals surface area contributed by atoms with Crippen molar-refractivity contribution in [2.75, 3.05) is 0 Å². The lowest BCUT2D eigenvalue weighted by molar-refractivity contribution is 0.0694. The van der Waals surface area contributed by atoms with Gasteiger partial charge in [0, 0.05) is 18.0 Å². The number of aromatic carboxylic acids is 1. The summed E-state index contributed by atoms with van der Waals surface area (Å²) in [6.07, 6.45) is 3.26. The molecule has 0 radical (unpaired) electrons. The molecule has 0 fully saturated rings. The largest absolute Gasteiger partial charge is 0.478 e. The normalized spacial score (nSPS) is 10.8. The van der Waals surface area contributed by atoms with E-state index >= 15 is 0 Å². The Balaban J connectivity index is 2.16. The van der Waals surface area contributed by atoms with Gasteiger partial charge in [-0.2, -0.15) is 0 Å². The predicted molar refractivity (Wildman–Crippen MR) is 77.0 cm³/mol. The molecule has 0 spiro atoms. The van der Waals surface area contributed by atoms with E-state index in [1.165, 1.54) is 0 Å². The van der Waals surface area contributed by atoms with Crippen molar-refractivity contribution < 1.29 is 9.90 Å². The summed E-state index contributed by atoms with van der Waals surface area (Å²) in [5.41, 5.74) is 3.37. The first kappa shape index (κ1) is 13.1. The third kappa shape index (κ3) is 2.31. The summed E-state index contributed by atoms with van der Waals surface area (Å²) < 4.78 is 0. The van der Waals surface area contributed by atoms with Crippen molar-refractivity contribution in [1.29, 1.82) is 0 Å². The second kappa shape index (κ2) is 4.90. The molecule has 3 rings (SSSR count). The van der Waals surface area contributed by atoms with Crippen molar-refractivity contribution in [3.63, 3.8) is 0 Å². The van der Waals surface area contributed by atoms with E-state index in [-0.39, 0.29) is 5.56 Å². The van der Waals surface area contributed by atoms with Crippen LogP contribution in [0.1, 0.15) is 21.7 Å². The molecule has 6 nitrogen and oxygen atoms in total. The number of carboxylic acid groups (broad SMARTS) is 1. The van der Waals surface area contributed by atoms with Gasteiger partial charge in [-0.25, -0.2) is 14.8 Å². The van der Waals surface area contributed by atoms with Gasteiger partial charge in [0.15, 0.2) is 5.82 Å². The number of benzene rings is 1. The highest BCUT2D eigenvalue weighted by atomic mass is 16.4. The summed E-state index contributed by atoms with van der Waals surface area (Å²) in [7, 11) is 0. The first-order chi connectivity index (χ1) is 10.1. The molecule has 0 aliphatic heterocycles. The minimum atomic E-state index is -1.01. The van der Waals surface area contributed by atoms with Gasteiger partial charge in [-0.3, -0.25) is 9.97 Å². The van der Waals surface area contributed by atoms with Gasteiger partial charge in [0.1, 0.15) is 5.56 Å². The average molecular weight is 280 g/mol. The fourth-order valence-electron chi connectivity index (χ4n) is 2.26. The van der Waals surface area contributed by atoms with E-state index in [1.54, 1.807) is 26.2 Å². The molecular weight excluding hydrogens is 268 g/mol. The van der Waals surface area contributed by atoms with Crippen LogP contribution in [0.2, 0.25) is 0 Å². The molecule has 0 aliphatic carbocycles. The molecule has 0 unspecified atom stereocenters. The molecule has 2 aromatic heterocycles. The van der Waals surface area contributed by atoms with Gasteiger partial charge in [-0.1, -0.05) is 0 Å². The van der Waals surface area contributed by atoms with Crippen LogP contribution in [0, 0.1) is 13.8 Å². The first-order valence-electron chi connectivity index (χ1n) is 6.36. The standard InChI is InChI=1S/C15H12N4O2/c1-8-13(15(20)21)9(2)19-14(18-8)10-3-4-11-12(7-10)17-6-5-16-11/h3-7H,1-2H3,(H,20,21). The van der Waals surface area contributed by atoms with E-state index in [1.807, 2.05) is 18.2 Å². The van der Waals surface area contributed by atoms with E-state index < -0.39 is 5.97 Å². The third-order valence-electron chi connectivity index (χ3n) is 3.21. The topological polar surface area (TPSA) is 88.9 Å². The summed E-state index contributed by atoms with van der Waals surface area (Å²) >= 11 is 0. The number of hydrogen-bond acceptors (Lipinski definition) is 5. The Bertz CT molecular complexity index is 838. The quantitative estimate of drug-likeness (QED) is 0.775. The summed E-state index contributed by atoms with van der Waals surface area (Å²) in [6.45, 7) is 3.34. The number of rotatable bonds is 2. The number of carboxylic acids is 1. The molecule has 2 heterocycles. The molecule has 0 saturated carbocycles. The smallest absolute Gasteiger partial charge is 0.339 e. The van der Waals surface area contributed by atoms with Gasteiger partial charge < -0.3 is 5.11 Å². The van der Waals surface area contributed by atoms with Crippen LogP contribution in [0.25, 0.3) is 22.4 Å². The molecule has 1 N–H and O–H groups in total. The van der Waals surface area contributed by atoms with Gasteiger partial charge in [0.25, 0.3) is 0 Å². The van der Waals surface area contributed by atoms with Gasteiger partial charge in [0.05, 0.1) is 22.4 Å². The molecular formula is C15H12N4O2. The highest BCUT2D eigenvalue weighted by Gasteiger charge is 2.15. The van der Waals surface area contributed by atoms with E-state index in [0.29, 0.717) is 17.2 Å². The zero-order valence-electron chi connectivity index (χ0n) is 11.5. The summed E-state index contributed by atoms with van der Waals surface area (Å²) in [4.78, 5) is 28.2. The lowest BCUT2D eigenvalue weighted by atomic mass is 10.1. The fourth-order valence-corrected chi connectivity index (χ4v) is 2.26. The minimum Gasteiger partial charge on any atom is -0.478 e. The van der Waals surface area contributed by atoms with Crippen molar-refractivity contribution in [3.05, 3.63) is 47.5 Å². The minimum absolute atomic E-state index is 0.152. The molecule has 104 valence electrons. The maximum absolute atomic E-state index is 11.2. The average Bonchev–Trinajstić information content (AvgIpc) is 2.45. The van der Waals surface area contributed by atoms with E-state index in [2.05, 4.69) is 19.9 Å². The van der Waals surface area contributed by atoms with E-state index in [9.17, 15) is 4.79 Å². The third-order valence-corrected chi connectivity index (χ3v) is 3.21. The Morgan fingerprint density at radius 3 is 2.24 bits per heavy atom. The van der Waals surface area contributed by atoms with Crippen molar-refractivity contribution in [1.82, 2.24) is 19.9 Å². The number of fused-ring (bicyclic) bond motifs is 1. The zero-order chi connectivity index (χ0) is 15.0. The van der Waals surface area contributed by atoms with Crippen LogP contribution in [0.4, 0.5) is 0 Å². The van der Waals surface area contributed by atoms with Crippen LogP contribution >= 0.6 is 0 Å². The Morgan fingerprint density at radius 2 is 1.62 bits per heavy atom. The van der Waals surface area contributed by atoms with Crippen molar-refractivity contribution in [3.8, 4) is 11.4 Å². The Labute approximate surface area is 120 Å². The highest BCUT2D eigenvalue weighted by Crippen LogP contribution is 2.21. The molecule has 0 atom stereocenters. The summed E-state index contributed by atoms with van der Waals surface area (Å²) in [6, 6.07) is 5.54. The maximum Gasteiger partial charge on any atom is 0.339 e. The van der Waals surface area contributed by atoms with Crippen LogP contribution < -0.4 is 0 Å². The fraction of sp³-hybridized carbons (Fsp3) is 0.133. The summed E-state index contributed by atoms with van der Waals surface area (Å²) in [5.74, 6) is -0.525. The van der Waals surface area contributed by atoms with Crippen LogP contribution in [0.15, 0.2) is 30.6 Å². The van der Waals surface area contributed by atoms with Crippen molar-refractivity contribution in [2.45, 2.75) is 13.8 Å². The molecule has 21 heavy (non-hydrogen) atoms. The Hall–Kier alpha value is -2.89. The number of aromatic nitrogens is 4. The van der Waals surface area contributed by atoms with Crippen LogP contribution in [-0.2, 0) is 0 Å². The van der Waals surface area contributed by atoms with Crippen LogP contribution in [0.3, 0.4) is 0 Å². The Kier molecular flexibility index (Phi) is 3.06. The predicted octanol–water partition coefficient (Wildman–Crippen LogP) is 2.40. The second-order valence-electron chi connectivity index (χ2n) is 4.66. The molecule has 0 aliphatic rings. The molecule has 0 amide bonds. The van der Waals surface area contributed by atoms with Crippen LogP contribution in [-0.4, -0.2) is 31.0 Å². The van der Waals surface area contributed by atoms with Gasteiger partial charge in [0.2, 0.25) is 0 Å². The Morgan fingerprint density at radius 1 is 1.00 bits per heavy atom. The molecule has 3 aromatic rings. The lowest BCUT2D eigenvalue weighted by Crippen LogP contribution is -2.08. The monoisotopic (exact) mass is 280 g/mol. The highest BCUT2D eigenvalue weighted by molar-refractivity contribution is 5.90. The van der Waals surface area contributed by atoms with Crippen molar-refractivity contribution in [2.24, 2.45) is 0 Å². The lowest BCUT2D eigenvalue weighted by Gasteiger charge is -2.08. The number of carbonyl (C=O) groups is 1. The zero-order valence-corrected chi connectivity index (χ0v) is 11.5. The molecule has 1 aromatic carbocycles.